The second kappa shape index (κ2) is 8.66. The van der Waals surface area contributed by atoms with Gasteiger partial charge in [-0.15, -0.1) is 0 Å². The largest absolute Gasteiger partial charge is 0.419 e. The second-order valence-electron chi connectivity index (χ2n) is 6.99. The summed E-state index contributed by atoms with van der Waals surface area (Å²) in [6.45, 7) is 0.857. The third kappa shape index (κ3) is 4.69. The van der Waals surface area contributed by atoms with Gasteiger partial charge in [0.2, 0.25) is 5.91 Å². The van der Waals surface area contributed by atoms with Crippen LogP contribution in [-0.2, 0) is 17.9 Å². The molecule has 10 nitrogen and oxygen atoms in total. The fourth-order valence-corrected chi connectivity index (χ4v) is 3.29. The number of carbonyl (C=O) groups is 1. The topological polar surface area (TPSA) is 125 Å². The van der Waals surface area contributed by atoms with Crippen molar-refractivity contribution in [3.05, 3.63) is 87.2 Å². The van der Waals surface area contributed by atoms with Crippen LogP contribution in [0.15, 0.2) is 70.1 Å². The van der Waals surface area contributed by atoms with Gasteiger partial charge in [0, 0.05) is 25.2 Å². The average Bonchev–Trinajstić information content (AvgIpc) is 3.31. The number of non-ortho nitro benzene ring substituents is 1. The molecule has 4 aromatic rings. The van der Waals surface area contributed by atoms with Gasteiger partial charge in [-0.25, -0.2) is 4.79 Å². The summed E-state index contributed by atoms with van der Waals surface area (Å²) >= 11 is 0. The number of nitrogens with one attached hydrogen (secondary N) is 1. The Balaban J connectivity index is 1.32. The summed E-state index contributed by atoms with van der Waals surface area (Å²) in [7, 11) is 0. The lowest BCUT2D eigenvalue weighted by molar-refractivity contribution is -0.384. The maximum Gasteiger partial charge on any atom is 0.419 e. The van der Waals surface area contributed by atoms with Crippen LogP contribution >= 0.6 is 0 Å². The van der Waals surface area contributed by atoms with Crippen LogP contribution in [0.1, 0.15) is 18.4 Å². The van der Waals surface area contributed by atoms with Crippen molar-refractivity contribution in [2.75, 3.05) is 5.32 Å². The Morgan fingerprint density at radius 1 is 1.19 bits per heavy atom. The van der Waals surface area contributed by atoms with Gasteiger partial charge in [-0.3, -0.25) is 24.2 Å². The number of anilines is 1. The molecule has 10 heteroatoms. The monoisotopic (exact) mass is 421 g/mol. The molecule has 2 aromatic carbocycles. The van der Waals surface area contributed by atoms with Crippen molar-refractivity contribution in [1.82, 2.24) is 14.3 Å². The molecule has 4 rings (SSSR count). The van der Waals surface area contributed by atoms with Crippen molar-refractivity contribution in [1.29, 1.82) is 0 Å². The fraction of sp³-hybridized carbons (Fsp3) is 0.190. The molecule has 0 bridgehead atoms. The normalized spacial score (nSPS) is 11.0. The van der Waals surface area contributed by atoms with Gasteiger partial charge in [0.05, 0.1) is 34.9 Å². The predicted octanol–water partition coefficient (Wildman–Crippen LogP) is 3.17. The smallest absolute Gasteiger partial charge is 0.407 e. The molecule has 1 N–H and O–H groups in total. The Hall–Kier alpha value is -4.21. The minimum Gasteiger partial charge on any atom is -0.407 e. The highest BCUT2D eigenvalue weighted by Gasteiger charge is 2.14. The third-order valence-corrected chi connectivity index (χ3v) is 4.75. The number of oxazole rings is 1. The van der Waals surface area contributed by atoms with E-state index in [1.807, 2.05) is 30.3 Å². The zero-order valence-corrected chi connectivity index (χ0v) is 16.4. The predicted molar refractivity (Wildman–Crippen MR) is 113 cm³/mol. The van der Waals surface area contributed by atoms with E-state index >= 15 is 0 Å². The standard InChI is InChI=1S/C21H19N5O5/c27-20(23-16-12-22-24(14-16)13-15-5-2-1-3-6-15)7-4-10-25-18-9-8-17(26(29)30)11-19(18)31-21(25)28/h1-3,5-6,8-9,11-12,14H,4,7,10,13H2,(H,23,27). The zero-order chi connectivity index (χ0) is 21.8. The van der Waals surface area contributed by atoms with E-state index in [2.05, 4.69) is 10.4 Å². The number of hydrogen-bond donors (Lipinski definition) is 1. The minimum absolute atomic E-state index is 0.148. The van der Waals surface area contributed by atoms with Gasteiger partial charge in [0.1, 0.15) is 0 Å². The number of nitro groups is 1. The van der Waals surface area contributed by atoms with E-state index in [0.717, 1.165) is 5.56 Å². The van der Waals surface area contributed by atoms with E-state index in [1.54, 1.807) is 17.1 Å². The van der Waals surface area contributed by atoms with Crippen molar-refractivity contribution >= 4 is 28.4 Å². The first-order valence-electron chi connectivity index (χ1n) is 9.63. The molecule has 0 aliphatic heterocycles. The van der Waals surface area contributed by atoms with E-state index in [-0.39, 0.29) is 30.1 Å². The van der Waals surface area contributed by atoms with Gasteiger partial charge >= 0.3 is 5.76 Å². The summed E-state index contributed by atoms with van der Waals surface area (Å²) < 4.78 is 8.19. The van der Waals surface area contributed by atoms with E-state index in [9.17, 15) is 19.7 Å². The number of rotatable bonds is 8. The zero-order valence-electron chi connectivity index (χ0n) is 16.4. The molecular weight excluding hydrogens is 402 g/mol. The number of amides is 1. The molecule has 0 unspecified atom stereocenters. The van der Waals surface area contributed by atoms with Crippen molar-refractivity contribution in [2.45, 2.75) is 25.9 Å². The lowest BCUT2D eigenvalue weighted by Gasteiger charge is -2.04. The molecule has 0 radical (unpaired) electrons. The molecule has 31 heavy (non-hydrogen) atoms. The number of aryl methyl sites for hydroxylation is 1. The summed E-state index contributed by atoms with van der Waals surface area (Å²) in [4.78, 5) is 34.6. The molecule has 0 saturated carbocycles. The van der Waals surface area contributed by atoms with Gasteiger partial charge < -0.3 is 9.73 Å². The van der Waals surface area contributed by atoms with Crippen LogP contribution in [0, 0.1) is 10.1 Å². The first-order chi connectivity index (χ1) is 15.0. The molecule has 0 fully saturated rings. The van der Waals surface area contributed by atoms with Crippen molar-refractivity contribution in [3.8, 4) is 0 Å². The van der Waals surface area contributed by atoms with Crippen LogP contribution in [0.25, 0.3) is 11.1 Å². The van der Waals surface area contributed by atoms with Crippen LogP contribution in [-0.4, -0.2) is 25.2 Å². The molecule has 1 amide bonds. The summed E-state index contributed by atoms with van der Waals surface area (Å²) in [5.74, 6) is -0.811. The third-order valence-electron chi connectivity index (χ3n) is 4.75. The van der Waals surface area contributed by atoms with Crippen LogP contribution < -0.4 is 11.1 Å². The van der Waals surface area contributed by atoms with Gasteiger partial charge in [0.25, 0.3) is 5.69 Å². The quantitative estimate of drug-likeness (QED) is 0.344. The van der Waals surface area contributed by atoms with Crippen LogP contribution in [0.5, 0.6) is 0 Å². The van der Waals surface area contributed by atoms with Crippen molar-refractivity contribution in [3.63, 3.8) is 0 Å². The second-order valence-corrected chi connectivity index (χ2v) is 6.99. The van der Waals surface area contributed by atoms with Crippen molar-refractivity contribution < 1.29 is 14.1 Å². The fourth-order valence-electron chi connectivity index (χ4n) is 3.29. The highest BCUT2D eigenvalue weighted by atomic mass is 16.6. The van der Waals surface area contributed by atoms with Gasteiger partial charge in [0.15, 0.2) is 5.58 Å². The Bertz CT molecular complexity index is 1290. The van der Waals surface area contributed by atoms with Crippen LogP contribution in [0.3, 0.4) is 0 Å². The number of carbonyl (C=O) groups excluding carboxylic acids is 1. The maximum atomic E-state index is 12.2. The van der Waals surface area contributed by atoms with E-state index in [1.165, 1.54) is 22.8 Å². The van der Waals surface area contributed by atoms with Crippen LogP contribution in [0.4, 0.5) is 11.4 Å². The number of hydrogen-bond acceptors (Lipinski definition) is 6. The summed E-state index contributed by atoms with van der Waals surface area (Å²) in [5, 5.41) is 17.9. The Labute approximate surface area is 175 Å². The number of benzene rings is 2. The van der Waals surface area contributed by atoms with E-state index in [0.29, 0.717) is 24.2 Å². The van der Waals surface area contributed by atoms with Crippen molar-refractivity contribution in [2.24, 2.45) is 0 Å². The van der Waals surface area contributed by atoms with E-state index < -0.39 is 10.7 Å². The lowest BCUT2D eigenvalue weighted by Crippen LogP contribution is -2.17. The molecule has 2 aromatic heterocycles. The number of nitrogens with zero attached hydrogens (tertiary/aromatic N) is 4. The highest BCUT2D eigenvalue weighted by molar-refractivity contribution is 5.90. The van der Waals surface area contributed by atoms with Gasteiger partial charge in [-0.05, 0) is 18.1 Å². The van der Waals surface area contributed by atoms with Gasteiger partial charge in [-0.1, -0.05) is 30.3 Å². The molecule has 0 atom stereocenters. The number of fused-ring (bicyclic) bond motifs is 1. The first-order valence-corrected chi connectivity index (χ1v) is 9.63. The molecule has 0 aliphatic carbocycles. The minimum atomic E-state index is -0.613. The van der Waals surface area contributed by atoms with E-state index in [4.69, 9.17) is 4.42 Å². The molecule has 0 spiro atoms. The molecule has 0 saturated heterocycles. The summed E-state index contributed by atoms with van der Waals surface area (Å²) in [5.41, 5.74) is 2.15. The number of nitro benzene ring substituents is 1. The van der Waals surface area contributed by atoms with Gasteiger partial charge in [-0.2, -0.15) is 5.10 Å². The number of aromatic nitrogens is 3. The van der Waals surface area contributed by atoms with Crippen LogP contribution in [0.2, 0.25) is 0 Å². The highest BCUT2D eigenvalue weighted by Crippen LogP contribution is 2.20. The molecular formula is C21H19N5O5. The molecule has 0 aliphatic rings. The maximum absolute atomic E-state index is 12.2. The molecule has 158 valence electrons. The lowest BCUT2D eigenvalue weighted by atomic mass is 10.2. The molecule has 2 heterocycles. The summed E-state index contributed by atoms with van der Waals surface area (Å²) in [6, 6.07) is 13.9. The average molecular weight is 421 g/mol. The SMILES string of the molecule is O=C(CCCn1c(=O)oc2cc([N+](=O)[O-])ccc21)Nc1cnn(Cc2ccccc2)c1. The Morgan fingerprint density at radius 3 is 2.77 bits per heavy atom. The summed E-state index contributed by atoms with van der Waals surface area (Å²) in [6.07, 6.45) is 3.93. The first kappa shape index (κ1) is 20.1. The Kier molecular flexibility index (Phi) is 5.61. The Morgan fingerprint density at radius 2 is 2.00 bits per heavy atom.